The van der Waals surface area contributed by atoms with E-state index in [1.165, 1.54) is 25.6 Å². The number of carbonyl (C=O) groups excluding carboxylic acids is 1. The predicted molar refractivity (Wildman–Crippen MR) is 99.4 cm³/mol. The molecule has 1 amide bonds. The Morgan fingerprint density at radius 2 is 1.96 bits per heavy atom. The lowest BCUT2D eigenvalue weighted by Gasteiger charge is -2.23. The van der Waals surface area contributed by atoms with E-state index in [0.29, 0.717) is 11.7 Å². The molecule has 1 saturated carbocycles. The zero-order chi connectivity index (χ0) is 16.9. The van der Waals surface area contributed by atoms with Crippen LogP contribution in [0.15, 0.2) is 35.1 Å². The molecule has 24 heavy (non-hydrogen) atoms. The van der Waals surface area contributed by atoms with Crippen molar-refractivity contribution in [2.75, 3.05) is 10.6 Å². The van der Waals surface area contributed by atoms with Gasteiger partial charge < -0.3 is 10.6 Å². The molecule has 0 atom stereocenters. The Balaban J connectivity index is 1.69. The van der Waals surface area contributed by atoms with Crippen molar-refractivity contribution in [1.29, 1.82) is 0 Å². The van der Waals surface area contributed by atoms with Crippen LogP contribution < -0.4 is 10.6 Å². The van der Waals surface area contributed by atoms with Gasteiger partial charge in [-0.15, -0.1) is 0 Å². The average Bonchev–Trinajstić information content (AvgIpc) is 2.58. The minimum Gasteiger partial charge on any atom is -0.367 e. The second-order valence-electron chi connectivity index (χ2n) is 6.18. The molecule has 1 heterocycles. The second kappa shape index (κ2) is 7.75. The van der Waals surface area contributed by atoms with Gasteiger partial charge in [-0.05, 0) is 43.5 Å². The number of halogens is 1. The van der Waals surface area contributed by atoms with Crippen molar-refractivity contribution in [3.63, 3.8) is 0 Å². The van der Waals surface area contributed by atoms with E-state index < -0.39 is 0 Å². The highest BCUT2D eigenvalue weighted by atomic mass is 79.9. The third-order valence-corrected chi connectivity index (χ3v) is 4.79. The Labute approximate surface area is 150 Å². The Hall–Kier alpha value is -1.95. The highest BCUT2D eigenvalue weighted by molar-refractivity contribution is 9.10. The van der Waals surface area contributed by atoms with E-state index in [4.69, 9.17) is 0 Å². The van der Waals surface area contributed by atoms with Crippen molar-refractivity contribution >= 4 is 33.3 Å². The van der Waals surface area contributed by atoms with E-state index in [-0.39, 0.29) is 5.91 Å². The summed E-state index contributed by atoms with van der Waals surface area (Å²) >= 11 is 3.42. The standard InChI is InChI=1S/C18H21BrN4O/c1-12-9-13(19)7-8-15(12)23-18(24)16-10-17(21-11-20-16)22-14-5-3-2-4-6-14/h7-11,14H,2-6H2,1H3,(H,23,24)(H,20,21,22). The van der Waals surface area contributed by atoms with Crippen LogP contribution in [0.4, 0.5) is 11.5 Å². The van der Waals surface area contributed by atoms with E-state index in [2.05, 4.69) is 36.5 Å². The highest BCUT2D eigenvalue weighted by Gasteiger charge is 2.15. The van der Waals surface area contributed by atoms with Crippen molar-refractivity contribution < 1.29 is 4.79 Å². The van der Waals surface area contributed by atoms with Crippen LogP contribution in [0.1, 0.15) is 48.2 Å². The number of rotatable bonds is 4. The molecule has 0 bridgehead atoms. The summed E-state index contributed by atoms with van der Waals surface area (Å²) in [5, 5.41) is 6.33. The maximum atomic E-state index is 12.5. The van der Waals surface area contributed by atoms with E-state index in [9.17, 15) is 4.79 Å². The SMILES string of the molecule is Cc1cc(Br)ccc1NC(=O)c1cc(NC2CCCCC2)ncn1. The third-order valence-electron chi connectivity index (χ3n) is 4.29. The number of amides is 1. The number of carbonyl (C=O) groups is 1. The molecule has 1 fully saturated rings. The Morgan fingerprint density at radius 3 is 2.71 bits per heavy atom. The quantitative estimate of drug-likeness (QED) is 0.806. The van der Waals surface area contributed by atoms with Gasteiger partial charge in [0.25, 0.3) is 5.91 Å². The summed E-state index contributed by atoms with van der Waals surface area (Å²) in [6.45, 7) is 1.95. The number of aromatic nitrogens is 2. The molecule has 1 aliphatic carbocycles. The first-order valence-electron chi connectivity index (χ1n) is 8.28. The van der Waals surface area contributed by atoms with Crippen molar-refractivity contribution in [3.05, 3.63) is 46.3 Å². The van der Waals surface area contributed by atoms with Crippen LogP contribution >= 0.6 is 15.9 Å². The van der Waals surface area contributed by atoms with Crippen molar-refractivity contribution in [3.8, 4) is 0 Å². The average molecular weight is 389 g/mol. The fraction of sp³-hybridized carbons (Fsp3) is 0.389. The Bertz CT molecular complexity index is 729. The molecule has 0 spiro atoms. The van der Waals surface area contributed by atoms with Gasteiger partial charge >= 0.3 is 0 Å². The van der Waals surface area contributed by atoms with Gasteiger partial charge in [-0.3, -0.25) is 4.79 Å². The molecule has 2 aromatic rings. The molecule has 1 aromatic carbocycles. The lowest BCUT2D eigenvalue weighted by Crippen LogP contribution is -2.23. The van der Waals surface area contributed by atoms with Gasteiger partial charge in [0.05, 0.1) is 0 Å². The first-order valence-corrected chi connectivity index (χ1v) is 9.07. The first-order chi connectivity index (χ1) is 11.6. The van der Waals surface area contributed by atoms with E-state index >= 15 is 0 Å². The maximum Gasteiger partial charge on any atom is 0.274 e. The number of nitrogens with one attached hydrogen (secondary N) is 2. The Morgan fingerprint density at radius 1 is 1.17 bits per heavy atom. The van der Waals surface area contributed by atoms with Crippen molar-refractivity contribution in [2.45, 2.75) is 45.1 Å². The highest BCUT2D eigenvalue weighted by Crippen LogP contribution is 2.22. The van der Waals surface area contributed by atoms with E-state index in [1.54, 1.807) is 6.07 Å². The van der Waals surface area contributed by atoms with Crippen LogP contribution in [0.25, 0.3) is 0 Å². The van der Waals surface area contributed by atoms with Gasteiger partial charge in [-0.25, -0.2) is 9.97 Å². The number of hydrogen-bond donors (Lipinski definition) is 2. The zero-order valence-corrected chi connectivity index (χ0v) is 15.3. The number of nitrogens with zero attached hydrogens (tertiary/aromatic N) is 2. The Kier molecular flexibility index (Phi) is 5.45. The largest absolute Gasteiger partial charge is 0.367 e. The van der Waals surface area contributed by atoms with Gasteiger partial charge in [0.1, 0.15) is 17.8 Å². The summed E-state index contributed by atoms with van der Waals surface area (Å²) in [4.78, 5) is 20.8. The van der Waals surface area contributed by atoms with Gasteiger partial charge in [-0.1, -0.05) is 35.2 Å². The molecule has 1 aliphatic rings. The topological polar surface area (TPSA) is 66.9 Å². The molecule has 0 unspecified atom stereocenters. The lowest BCUT2D eigenvalue weighted by molar-refractivity contribution is 0.102. The normalized spacial score (nSPS) is 15.1. The van der Waals surface area contributed by atoms with Crippen molar-refractivity contribution in [1.82, 2.24) is 9.97 Å². The molecular formula is C18H21BrN4O. The molecule has 1 aromatic heterocycles. The molecule has 6 heteroatoms. The molecule has 0 radical (unpaired) electrons. The van der Waals surface area contributed by atoms with Crippen molar-refractivity contribution in [2.24, 2.45) is 0 Å². The van der Waals surface area contributed by atoms with Crippen LogP contribution in [0, 0.1) is 6.92 Å². The molecule has 5 nitrogen and oxygen atoms in total. The van der Waals surface area contributed by atoms with Crippen LogP contribution in [0.5, 0.6) is 0 Å². The van der Waals surface area contributed by atoms with E-state index in [1.807, 2.05) is 25.1 Å². The summed E-state index contributed by atoms with van der Waals surface area (Å²) in [6, 6.07) is 7.90. The zero-order valence-electron chi connectivity index (χ0n) is 13.7. The fourth-order valence-electron chi connectivity index (χ4n) is 2.97. The minimum atomic E-state index is -0.227. The second-order valence-corrected chi connectivity index (χ2v) is 7.10. The van der Waals surface area contributed by atoms with Gasteiger partial charge in [0.15, 0.2) is 0 Å². The lowest BCUT2D eigenvalue weighted by atomic mass is 9.95. The molecule has 3 rings (SSSR count). The number of anilines is 2. The van der Waals surface area contributed by atoms with Crippen LogP contribution in [0.2, 0.25) is 0 Å². The summed E-state index contributed by atoms with van der Waals surface area (Å²) in [5.74, 6) is 0.490. The summed E-state index contributed by atoms with van der Waals surface area (Å²) < 4.78 is 0.985. The third kappa shape index (κ3) is 4.32. The van der Waals surface area contributed by atoms with E-state index in [0.717, 1.165) is 34.4 Å². The summed E-state index contributed by atoms with van der Waals surface area (Å²) in [6.07, 6.45) is 7.56. The maximum absolute atomic E-state index is 12.5. The summed E-state index contributed by atoms with van der Waals surface area (Å²) in [5.41, 5.74) is 2.14. The van der Waals surface area contributed by atoms with Gasteiger partial charge in [0.2, 0.25) is 0 Å². The predicted octanol–water partition coefficient (Wildman–Crippen LogP) is 4.54. The van der Waals surface area contributed by atoms with Crippen LogP contribution in [-0.4, -0.2) is 21.9 Å². The smallest absolute Gasteiger partial charge is 0.274 e. The molecule has 0 saturated heterocycles. The summed E-state index contributed by atoms with van der Waals surface area (Å²) in [7, 11) is 0. The van der Waals surface area contributed by atoms with Gasteiger partial charge in [0, 0.05) is 22.3 Å². The number of benzene rings is 1. The number of aryl methyl sites for hydroxylation is 1. The number of hydrogen-bond acceptors (Lipinski definition) is 4. The fourth-order valence-corrected chi connectivity index (χ4v) is 3.45. The van der Waals surface area contributed by atoms with Crippen LogP contribution in [-0.2, 0) is 0 Å². The molecular weight excluding hydrogens is 368 g/mol. The van der Waals surface area contributed by atoms with Crippen LogP contribution in [0.3, 0.4) is 0 Å². The monoisotopic (exact) mass is 388 g/mol. The first kappa shape index (κ1) is 16.9. The minimum absolute atomic E-state index is 0.227. The molecule has 126 valence electrons. The molecule has 2 N–H and O–H groups in total. The molecule has 0 aliphatic heterocycles. The van der Waals surface area contributed by atoms with Gasteiger partial charge in [-0.2, -0.15) is 0 Å².